The molecular formula is C31H37FN4O2. The van der Waals surface area contributed by atoms with Crippen LogP contribution in [-0.4, -0.2) is 49.7 Å². The fourth-order valence-corrected chi connectivity index (χ4v) is 6.22. The van der Waals surface area contributed by atoms with E-state index in [1.807, 2.05) is 37.3 Å². The number of hydrogen-bond acceptors (Lipinski definition) is 6. The summed E-state index contributed by atoms with van der Waals surface area (Å²) in [7, 11) is 0. The average molecular weight is 517 g/mol. The molecule has 2 saturated heterocycles. The van der Waals surface area contributed by atoms with Gasteiger partial charge in [0.25, 0.3) is 0 Å². The van der Waals surface area contributed by atoms with Gasteiger partial charge in [0.1, 0.15) is 11.9 Å². The van der Waals surface area contributed by atoms with Crippen LogP contribution < -0.4 is 4.90 Å². The van der Waals surface area contributed by atoms with Gasteiger partial charge in [-0.1, -0.05) is 25.5 Å². The van der Waals surface area contributed by atoms with Crippen molar-refractivity contribution in [2.75, 3.05) is 37.6 Å². The summed E-state index contributed by atoms with van der Waals surface area (Å²) in [6.45, 7) is 8.24. The van der Waals surface area contributed by atoms with Crippen molar-refractivity contribution in [2.45, 2.75) is 57.5 Å². The second kappa shape index (κ2) is 12.4. The Balaban J connectivity index is 1.40. The summed E-state index contributed by atoms with van der Waals surface area (Å²) in [5.41, 5.74) is 1.60. The Morgan fingerprint density at radius 1 is 1.16 bits per heavy atom. The standard InChI is InChI=1S/C31H37FN4O2/c1-3-5-30(38-23(2)37)17-31(22-34,27-6-4-7-28(32)16-27)26-12-14-35(15-13-26)19-25-20-36(21-25)29-10-8-24(18-33)9-11-29/h4,6-11,16,25-26,30H,3,5,12-15,17,19-21H2,1-2H3. The first-order valence-corrected chi connectivity index (χ1v) is 13.7. The second-order valence-electron chi connectivity index (χ2n) is 10.8. The van der Waals surface area contributed by atoms with Gasteiger partial charge in [0.2, 0.25) is 0 Å². The van der Waals surface area contributed by atoms with Gasteiger partial charge < -0.3 is 14.5 Å². The van der Waals surface area contributed by atoms with Crippen molar-refractivity contribution in [3.8, 4) is 12.1 Å². The van der Waals surface area contributed by atoms with Crippen molar-refractivity contribution in [3.05, 3.63) is 65.5 Å². The minimum atomic E-state index is -0.910. The van der Waals surface area contributed by atoms with Crippen LogP contribution >= 0.6 is 0 Å². The number of halogens is 1. The van der Waals surface area contributed by atoms with Crippen LogP contribution in [0.1, 0.15) is 57.1 Å². The highest BCUT2D eigenvalue weighted by Gasteiger charge is 2.45. The van der Waals surface area contributed by atoms with Crippen LogP contribution in [0.2, 0.25) is 0 Å². The highest BCUT2D eigenvalue weighted by molar-refractivity contribution is 5.66. The van der Waals surface area contributed by atoms with Crippen molar-refractivity contribution in [2.24, 2.45) is 11.8 Å². The van der Waals surface area contributed by atoms with Gasteiger partial charge in [-0.05, 0) is 80.2 Å². The third-order valence-corrected chi connectivity index (χ3v) is 8.15. The van der Waals surface area contributed by atoms with Gasteiger partial charge in [-0.3, -0.25) is 4.79 Å². The van der Waals surface area contributed by atoms with E-state index >= 15 is 0 Å². The molecule has 2 aromatic rings. The highest BCUT2D eigenvalue weighted by Crippen LogP contribution is 2.43. The van der Waals surface area contributed by atoms with Gasteiger partial charge in [0, 0.05) is 44.6 Å². The molecule has 0 spiro atoms. The van der Waals surface area contributed by atoms with Crippen LogP contribution in [0, 0.1) is 40.3 Å². The van der Waals surface area contributed by atoms with Crippen molar-refractivity contribution in [1.29, 1.82) is 10.5 Å². The van der Waals surface area contributed by atoms with Crippen LogP contribution in [0.15, 0.2) is 48.5 Å². The van der Waals surface area contributed by atoms with E-state index in [0.29, 0.717) is 29.9 Å². The minimum absolute atomic E-state index is 0.0528. The number of nitrogens with zero attached hydrogens (tertiary/aromatic N) is 4. The quantitative estimate of drug-likeness (QED) is 0.392. The van der Waals surface area contributed by atoms with Gasteiger partial charge in [-0.25, -0.2) is 4.39 Å². The molecule has 2 aromatic carbocycles. The van der Waals surface area contributed by atoms with Crippen molar-refractivity contribution in [3.63, 3.8) is 0 Å². The molecule has 7 heteroatoms. The third-order valence-electron chi connectivity index (χ3n) is 8.15. The van der Waals surface area contributed by atoms with Crippen molar-refractivity contribution >= 4 is 11.7 Å². The Labute approximate surface area is 225 Å². The Hall–Kier alpha value is -3.42. The van der Waals surface area contributed by atoms with E-state index in [2.05, 4.69) is 21.9 Å². The smallest absolute Gasteiger partial charge is 0.302 e. The molecule has 0 radical (unpaired) electrons. The maximum absolute atomic E-state index is 14.3. The summed E-state index contributed by atoms with van der Waals surface area (Å²) in [5.74, 6) is -0.0585. The Bertz CT molecular complexity index is 1170. The Morgan fingerprint density at radius 2 is 1.87 bits per heavy atom. The van der Waals surface area contributed by atoms with Gasteiger partial charge in [-0.2, -0.15) is 10.5 Å². The predicted molar refractivity (Wildman–Crippen MR) is 145 cm³/mol. The van der Waals surface area contributed by atoms with Crippen LogP contribution in [0.3, 0.4) is 0 Å². The van der Waals surface area contributed by atoms with Gasteiger partial charge in [0.15, 0.2) is 0 Å². The topological polar surface area (TPSA) is 80.4 Å². The van der Waals surface area contributed by atoms with E-state index in [1.165, 1.54) is 19.1 Å². The van der Waals surface area contributed by atoms with Gasteiger partial charge >= 0.3 is 5.97 Å². The first-order chi connectivity index (χ1) is 18.4. The van der Waals surface area contributed by atoms with E-state index in [-0.39, 0.29) is 23.8 Å². The molecule has 0 bridgehead atoms. The lowest BCUT2D eigenvalue weighted by Gasteiger charge is -2.46. The molecule has 38 heavy (non-hydrogen) atoms. The molecule has 2 aliphatic rings. The lowest BCUT2D eigenvalue weighted by molar-refractivity contribution is -0.147. The number of likely N-dealkylation sites (tertiary alicyclic amines) is 1. The number of anilines is 1. The van der Waals surface area contributed by atoms with Crippen LogP contribution in [-0.2, 0) is 14.9 Å². The lowest BCUT2D eigenvalue weighted by Crippen LogP contribution is -2.53. The summed E-state index contributed by atoms with van der Waals surface area (Å²) in [4.78, 5) is 16.6. The Kier molecular flexibility index (Phi) is 9.02. The first kappa shape index (κ1) is 27.6. The first-order valence-electron chi connectivity index (χ1n) is 13.7. The van der Waals surface area contributed by atoms with Crippen molar-refractivity contribution in [1.82, 2.24) is 4.90 Å². The Morgan fingerprint density at radius 3 is 2.45 bits per heavy atom. The highest BCUT2D eigenvalue weighted by atomic mass is 19.1. The predicted octanol–water partition coefficient (Wildman–Crippen LogP) is 5.43. The zero-order valence-electron chi connectivity index (χ0n) is 22.4. The molecule has 6 nitrogen and oxygen atoms in total. The van der Waals surface area contributed by atoms with E-state index in [9.17, 15) is 14.4 Å². The summed E-state index contributed by atoms with van der Waals surface area (Å²) >= 11 is 0. The number of benzene rings is 2. The van der Waals surface area contributed by atoms with Crippen LogP contribution in [0.25, 0.3) is 0 Å². The minimum Gasteiger partial charge on any atom is -0.462 e. The molecule has 4 rings (SSSR count). The molecule has 2 atom stereocenters. The number of ether oxygens (including phenoxy) is 1. The fourth-order valence-electron chi connectivity index (χ4n) is 6.22. The molecule has 2 heterocycles. The van der Waals surface area contributed by atoms with Gasteiger partial charge in [-0.15, -0.1) is 0 Å². The molecular weight excluding hydrogens is 479 g/mol. The largest absolute Gasteiger partial charge is 0.462 e. The van der Waals surface area contributed by atoms with Crippen LogP contribution in [0.4, 0.5) is 10.1 Å². The molecule has 2 fully saturated rings. The molecule has 200 valence electrons. The molecule has 0 amide bonds. The summed E-state index contributed by atoms with van der Waals surface area (Å²) in [5, 5.41) is 19.6. The number of rotatable bonds is 10. The SMILES string of the molecule is CCCC(CC(C#N)(c1cccc(F)c1)C1CCN(CC2CN(c3ccc(C#N)cc3)C2)CC1)OC(C)=O. The lowest BCUT2D eigenvalue weighted by atomic mass is 9.64. The van der Waals surface area contributed by atoms with E-state index in [4.69, 9.17) is 10.00 Å². The van der Waals surface area contributed by atoms with E-state index in [0.717, 1.165) is 57.7 Å². The average Bonchev–Trinajstić information content (AvgIpc) is 2.89. The van der Waals surface area contributed by atoms with Crippen LogP contribution in [0.5, 0.6) is 0 Å². The maximum Gasteiger partial charge on any atom is 0.302 e. The van der Waals surface area contributed by atoms with Gasteiger partial charge in [0.05, 0.1) is 23.1 Å². The summed E-state index contributed by atoms with van der Waals surface area (Å²) in [6.07, 6.45) is 3.20. The van der Waals surface area contributed by atoms with Crippen molar-refractivity contribution < 1.29 is 13.9 Å². The molecule has 0 aromatic heterocycles. The molecule has 0 saturated carbocycles. The number of carbonyl (C=O) groups is 1. The zero-order valence-corrected chi connectivity index (χ0v) is 22.4. The summed E-state index contributed by atoms with van der Waals surface area (Å²) in [6, 6.07) is 18.9. The molecule has 2 aliphatic heterocycles. The monoisotopic (exact) mass is 516 g/mol. The number of esters is 1. The molecule has 0 aliphatic carbocycles. The number of nitriles is 2. The number of piperidine rings is 1. The third kappa shape index (κ3) is 6.34. The number of carbonyl (C=O) groups excluding carboxylic acids is 1. The summed E-state index contributed by atoms with van der Waals surface area (Å²) < 4.78 is 19.9. The number of hydrogen-bond donors (Lipinski definition) is 0. The molecule has 2 unspecified atom stereocenters. The normalized spacial score (nSPS) is 19.0. The zero-order chi connectivity index (χ0) is 27.1. The van der Waals surface area contributed by atoms with E-state index < -0.39 is 5.41 Å². The second-order valence-corrected chi connectivity index (χ2v) is 10.8. The van der Waals surface area contributed by atoms with E-state index in [1.54, 1.807) is 6.07 Å². The molecule has 0 N–H and O–H groups in total. The fraction of sp³-hybridized carbons (Fsp3) is 0.516. The maximum atomic E-state index is 14.3.